The number of hydrogen-bond donors (Lipinski definition) is 1. The zero-order valence-corrected chi connectivity index (χ0v) is 15.8. The molecule has 1 N–H and O–H groups in total. The van der Waals surface area contributed by atoms with Crippen LogP contribution >= 0.6 is 0 Å². The fourth-order valence-corrected chi connectivity index (χ4v) is 3.13. The summed E-state index contributed by atoms with van der Waals surface area (Å²) in [6.07, 6.45) is 0.991. The van der Waals surface area contributed by atoms with Gasteiger partial charge in [0.1, 0.15) is 11.6 Å². The number of hydrogen-bond acceptors (Lipinski definition) is 2. The van der Waals surface area contributed by atoms with E-state index in [4.69, 9.17) is 0 Å². The lowest BCUT2D eigenvalue weighted by atomic mass is 10.1. The van der Waals surface area contributed by atoms with Crippen molar-refractivity contribution < 1.29 is 9.18 Å². The molecular weight excluding hydrogens is 365 g/mol. The predicted octanol–water partition coefficient (Wildman–Crippen LogP) is 5.25. The van der Waals surface area contributed by atoms with E-state index in [1.54, 1.807) is 22.9 Å². The number of carbonyl (C=O) groups is 1. The van der Waals surface area contributed by atoms with Crippen molar-refractivity contribution in [1.82, 2.24) is 9.78 Å². The van der Waals surface area contributed by atoms with Crippen molar-refractivity contribution in [3.05, 3.63) is 102 Å². The van der Waals surface area contributed by atoms with E-state index in [1.807, 2.05) is 60.7 Å². The third kappa shape index (κ3) is 4.58. The molecule has 4 nitrogen and oxygen atoms in total. The second-order valence-corrected chi connectivity index (χ2v) is 6.71. The largest absolute Gasteiger partial charge is 0.311 e. The van der Waals surface area contributed by atoms with E-state index in [2.05, 4.69) is 10.4 Å². The van der Waals surface area contributed by atoms with E-state index in [0.717, 1.165) is 11.1 Å². The summed E-state index contributed by atoms with van der Waals surface area (Å²) in [5.41, 5.74) is 3.27. The van der Waals surface area contributed by atoms with Crippen LogP contribution in [0.5, 0.6) is 0 Å². The number of benzene rings is 3. The van der Waals surface area contributed by atoms with Gasteiger partial charge in [-0.25, -0.2) is 9.07 Å². The number of aromatic nitrogens is 2. The van der Waals surface area contributed by atoms with Gasteiger partial charge in [0, 0.05) is 18.1 Å². The molecule has 0 bridgehead atoms. The van der Waals surface area contributed by atoms with Crippen molar-refractivity contribution in [2.24, 2.45) is 0 Å². The Labute approximate surface area is 168 Å². The van der Waals surface area contributed by atoms with Crippen LogP contribution in [0.2, 0.25) is 0 Å². The molecule has 0 radical (unpaired) electrons. The third-order valence-electron chi connectivity index (χ3n) is 4.58. The highest BCUT2D eigenvalue weighted by molar-refractivity contribution is 5.91. The minimum atomic E-state index is -0.361. The van der Waals surface area contributed by atoms with Crippen molar-refractivity contribution in [1.29, 1.82) is 0 Å². The van der Waals surface area contributed by atoms with Crippen LogP contribution in [-0.4, -0.2) is 15.7 Å². The molecular formula is C24H20FN3O. The first-order valence-electron chi connectivity index (χ1n) is 9.44. The molecule has 0 saturated carbocycles. The molecule has 0 atom stereocenters. The van der Waals surface area contributed by atoms with Gasteiger partial charge in [-0.3, -0.25) is 4.79 Å². The SMILES string of the molecule is O=C(CCc1ccccc1)Nc1cc(-c2ccccc2)nn1-c1cccc(F)c1. The van der Waals surface area contributed by atoms with Gasteiger partial charge in [-0.15, -0.1) is 0 Å². The van der Waals surface area contributed by atoms with Crippen LogP contribution in [-0.2, 0) is 11.2 Å². The Morgan fingerprint density at radius 1 is 0.897 bits per heavy atom. The topological polar surface area (TPSA) is 46.9 Å². The first-order valence-corrected chi connectivity index (χ1v) is 9.44. The van der Waals surface area contributed by atoms with Crippen LogP contribution in [0, 0.1) is 5.82 Å². The van der Waals surface area contributed by atoms with Gasteiger partial charge in [0.25, 0.3) is 0 Å². The van der Waals surface area contributed by atoms with Gasteiger partial charge >= 0.3 is 0 Å². The maximum Gasteiger partial charge on any atom is 0.225 e. The maximum atomic E-state index is 13.8. The predicted molar refractivity (Wildman–Crippen MR) is 112 cm³/mol. The Bertz CT molecular complexity index is 1110. The highest BCUT2D eigenvalue weighted by Crippen LogP contribution is 2.25. The molecule has 1 heterocycles. The van der Waals surface area contributed by atoms with Gasteiger partial charge in [0.15, 0.2) is 0 Å². The molecule has 144 valence electrons. The van der Waals surface area contributed by atoms with Gasteiger partial charge in [0.2, 0.25) is 5.91 Å². The fraction of sp³-hybridized carbons (Fsp3) is 0.0833. The van der Waals surface area contributed by atoms with Gasteiger partial charge in [-0.2, -0.15) is 5.10 Å². The highest BCUT2D eigenvalue weighted by atomic mass is 19.1. The summed E-state index contributed by atoms with van der Waals surface area (Å²) < 4.78 is 15.3. The molecule has 1 aromatic heterocycles. The quantitative estimate of drug-likeness (QED) is 0.493. The summed E-state index contributed by atoms with van der Waals surface area (Å²) in [6, 6.07) is 27.5. The number of amides is 1. The average molecular weight is 385 g/mol. The minimum absolute atomic E-state index is 0.119. The number of nitrogens with one attached hydrogen (secondary N) is 1. The van der Waals surface area contributed by atoms with Gasteiger partial charge in [0.05, 0.1) is 11.4 Å². The molecule has 4 aromatic rings. The molecule has 3 aromatic carbocycles. The van der Waals surface area contributed by atoms with Crippen molar-refractivity contribution in [2.45, 2.75) is 12.8 Å². The normalized spacial score (nSPS) is 10.7. The Balaban J connectivity index is 1.60. The van der Waals surface area contributed by atoms with Crippen molar-refractivity contribution in [3.8, 4) is 16.9 Å². The first-order chi connectivity index (χ1) is 14.2. The van der Waals surface area contributed by atoms with E-state index < -0.39 is 0 Å². The number of aryl methyl sites for hydroxylation is 1. The highest BCUT2D eigenvalue weighted by Gasteiger charge is 2.14. The van der Waals surface area contributed by atoms with Gasteiger partial charge in [-0.1, -0.05) is 66.7 Å². The van der Waals surface area contributed by atoms with Crippen molar-refractivity contribution in [3.63, 3.8) is 0 Å². The zero-order valence-electron chi connectivity index (χ0n) is 15.8. The molecule has 0 fully saturated rings. The minimum Gasteiger partial charge on any atom is -0.311 e. The molecule has 29 heavy (non-hydrogen) atoms. The Morgan fingerprint density at radius 2 is 1.62 bits per heavy atom. The maximum absolute atomic E-state index is 13.8. The lowest BCUT2D eigenvalue weighted by Gasteiger charge is -2.09. The summed E-state index contributed by atoms with van der Waals surface area (Å²) >= 11 is 0. The summed E-state index contributed by atoms with van der Waals surface area (Å²) in [7, 11) is 0. The average Bonchev–Trinajstić information content (AvgIpc) is 3.17. The second-order valence-electron chi connectivity index (χ2n) is 6.71. The van der Waals surface area contributed by atoms with Crippen LogP contribution in [0.3, 0.4) is 0 Å². The number of rotatable bonds is 6. The lowest BCUT2D eigenvalue weighted by Crippen LogP contribution is -2.15. The molecule has 5 heteroatoms. The van der Waals surface area contributed by atoms with Gasteiger partial charge in [-0.05, 0) is 30.2 Å². The number of nitrogens with zero attached hydrogens (tertiary/aromatic N) is 2. The fourth-order valence-electron chi connectivity index (χ4n) is 3.13. The second kappa shape index (κ2) is 8.52. The smallest absolute Gasteiger partial charge is 0.225 e. The molecule has 0 unspecified atom stereocenters. The first kappa shape index (κ1) is 18.6. The molecule has 0 aliphatic heterocycles. The molecule has 0 aliphatic rings. The van der Waals surface area contributed by atoms with E-state index in [9.17, 15) is 9.18 Å². The summed E-state index contributed by atoms with van der Waals surface area (Å²) in [5, 5.41) is 7.53. The molecule has 4 rings (SSSR count). The van der Waals surface area contributed by atoms with Crippen LogP contribution in [0.4, 0.5) is 10.2 Å². The summed E-state index contributed by atoms with van der Waals surface area (Å²) in [5.74, 6) is 0.0270. The number of halogens is 1. The summed E-state index contributed by atoms with van der Waals surface area (Å²) in [4.78, 5) is 12.6. The molecule has 1 amide bonds. The van der Waals surface area contributed by atoms with E-state index in [1.165, 1.54) is 12.1 Å². The van der Waals surface area contributed by atoms with Crippen molar-refractivity contribution >= 4 is 11.7 Å². The van der Waals surface area contributed by atoms with Crippen molar-refractivity contribution in [2.75, 3.05) is 5.32 Å². The number of anilines is 1. The van der Waals surface area contributed by atoms with E-state index in [0.29, 0.717) is 30.0 Å². The number of carbonyl (C=O) groups excluding carboxylic acids is 1. The third-order valence-corrected chi connectivity index (χ3v) is 4.58. The molecule has 0 spiro atoms. The standard InChI is InChI=1S/C24H20FN3O/c25-20-12-7-13-21(16-20)28-23(17-22(27-28)19-10-5-2-6-11-19)26-24(29)15-14-18-8-3-1-4-9-18/h1-13,16-17H,14-15H2,(H,26,29). The lowest BCUT2D eigenvalue weighted by molar-refractivity contribution is -0.116. The Morgan fingerprint density at radius 3 is 2.34 bits per heavy atom. The molecule has 0 aliphatic carbocycles. The van der Waals surface area contributed by atoms with Gasteiger partial charge < -0.3 is 5.32 Å². The van der Waals surface area contributed by atoms with Crippen LogP contribution < -0.4 is 5.32 Å². The van der Waals surface area contributed by atoms with Crippen LogP contribution in [0.25, 0.3) is 16.9 Å². The van der Waals surface area contributed by atoms with Crippen LogP contribution in [0.15, 0.2) is 91.0 Å². The molecule has 0 saturated heterocycles. The monoisotopic (exact) mass is 385 g/mol. The van der Waals surface area contributed by atoms with E-state index >= 15 is 0 Å². The zero-order chi connectivity index (χ0) is 20.1. The van der Waals surface area contributed by atoms with E-state index in [-0.39, 0.29) is 11.7 Å². The van der Waals surface area contributed by atoms with Crippen LogP contribution in [0.1, 0.15) is 12.0 Å². The Hall–Kier alpha value is -3.73. The Kier molecular flexibility index (Phi) is 5.47. The summed E-state index contributed by atoms with van der Waals surface area (Å²) in [6.45, 7) is 0.